The summed E-state index contributed by atoms with van der Waals surface area (Å²) >= 11 is 0. The maximum Gasteiger partial charge on any atom is 0.317 e. The average Bonchev–Trinajstić information content (AvgIpc) is 3.04. The van der Waals surface area contributed by atoms with Gasteiger partial charge in [0.2, 0.25) is 0 Å². The van der Waals surface area contributed by atoms with Gasteiger partial charge in [0.1, 0.15) is 12.2 Å². The lowest BCUT2D eigenvalue weighted by molar-refractivity contribution is -0.138. The molecule has 8 heteroatoms. The Morgan fingerprint density at radius 3 is 3.10 bits per heavy atom. The van der Waals surface area contributed by atoms with Gasteiger partial charge in [0, 0.05) is 32.5 Å². The van der Waals surface area contributed by atoms with E-state index in [9.17, 15) is 9.59 Å². The maximum absolute atomic E-state index is 11.9. The van der Waals surface area contributed by atoms with Crippen molar-refractivity contribution < 1.29 is 14.7 Å². The van der Waals surface area contributed by atoms with Gasteiger partial charge in [0.25, 0.3) is 0 Å². The van der Waals surface area contributed by atoms with Crippen LogP contribution in [0.5, 0.6) is 0 Å². The first kappa shape index (κ1) is 14.3. The molecule has 1 fully saturated rings. The van der Waals surface area contributed by atoms with E-state index >= 15 is 0 Å². The van der Waals surface area contributed by atoms with Crippen molar-refractivity contribution in [2.45, 2.75) is 25.7 Å². The Hall–Kier alpha value is -2.12. The first-order valence-electron chi connectivity index (χ1n) is 6.74. The summed E-state index contributed by atoms with van der Waals surface area (Å²) in [5.74, 6) is 0.0821. The van der Waals surface area contributed by atoms with E-state index in [1.807, 2.05) is 0 Å². The Kier molecular flexibility index (Phi) is 4.91. The lowest BCUT2D eigenvalue weighted by Crippen LogP contribution is -2.39. The highest BCUT2D eigenvalue weighted by Crippen LogP contribution is 2.19. The number of aryl methyl sites for hydroxylation is 1. The molecule has 20 heavy (non-hydrogen) atoms. The van der Waals surface area contributed by atoms with E-state index in [2.05, 4.69) is 20.5 Å². The van der Waals surface area contributed by atoms with Gasteiger partial charge in [0.15, 0.2) is 0 Å². The fourth-order valence-corrected chi connectivity index (χ4v) is 2.34. The van der Waals surface area contributed by atoms with Crippen LogP contribution in [0.1, 0.15) is 25.1 Å². The number of urea groups is 1. The first-order chi connectivity index (χ1) is 9.65. The van der Waals surface area contributed by atoms with Gasteiger partial charge in [-0.3, -0.25) is 9.89 Å². The minimum atomic E-state index is -0.802. The zero-order valence-electron chi connectivity index (χ0n) is 11.2. The molecule has 1 aliphatic rings. The predicted octanol–water partition coefficient (Wildman–Crippen LogP) is 0.244. The fraction of sp³-hybridized carbons (Fsp3) is 0.667. The summed E-state index contributed by atoms with van der Waals surface area (Å²) in [6.45, 7) is 1.73. The second-order valence-electron chi connectivity index (χ2n) is 4.97. The molecule has 0 aromatic carbocycles. The number of carboxylic acid groups (broad SMARTS) is 1. The van der Waals surface area contributed by atoms with Crippen LogP contribution < -0.4 is 5.32 Å². The Bertz CT molecular complexity index is 448. The van der Waals surface area contributed by atoms with Gasteiger partial charge in [-0.1, -0.05) is 0 Å². The number of hydrogen-bond donors (Lipinski definition) is 3. The topological polar surface area (TPSA) is 111 Å². The van der Waals surface area contributed by atoms with Gasteiger partial charge in [0.05, 0.1) is 0 Å². The van der Waals surface area contributed by atoms with Crippen LogP contribution in [0.3, 0.4) is 0 Å². The summed E-state index contributed by atoms with van der Waals surface area (Å²) in [7, 11) is 0. The number of carboxylic acids is 1. The molecule has 0 bridgehead atoms. The second kappa shape index (κ2) is 6.88. The lowest BCUT2D eigenvalue weighted by Gasteiger charge is -2.17. The van der Waals surface area contributed by atoms with E-state index in [-0.39, 0.29) is 18.4 Å². The normalized spacial score (nSPS) is 18.2. The summed E-state index contributed by atoms with van der Waals surface area (Å²) in [4.78, 5) is 28.2. The third kappa shape index (κ3) is 4.22. The number of carbonyl (C=O) groups is 2. The number of aromatic amines is 1. The molecule has 1 aromatic rings. The van der Waals surface area contributed by atoms with Crippen LogP contribution in [0.25, 0.3) is 0 Å². The van der Waals surface area contributed by atoms with Crippen LogP contribution in [-0.4, -0.2) is 56.8 Å². The number of aliphatic carboxylic acids is 1. The van der Waals surface area contributed by atoms with E-state index in [1.54, 1.807) is 4.90 Å². The minimum Gasteiger partial charge on any atom is -0.481 e. The van der Waals surface area contributed by atoms with Crippen molar-refractivity contribution in [3.05, 3.63) is 12.2 Å². The van der Waals surface area contributed by atoms with Crippen molar-refractivity contribution in [1.82, 2.24) is 25.4 Å². The molecule has 2 amide bonds. The van der Waals surface area contributed by atoms with Crippen LogP contribution >= 0.6 is 0 Å². The van der Waals surface area contributed by atoms with E-state index in [0.717, 1.165) is 25.1 Å². The fourth-order valence-electron chi connectivity index (χ4n) is 2.34. The molecule has 0 spiro atoms. The first-order valence-corrected chi connectivity index (χ1v) is 6.74. The molecule has 1 saturated heterocycles. The zero-order valence-corrected chi connectivity index (χ0v) is 11.2. The Morgan fingerprint density at radius 2 is 2.40 bits per heavy atom. The molecular weight excluding hydrogens is 262 g/mol. The van der Waals surface area contributed by atoms with Crippen molar-refractivity contribution in [2.75, 3.05) is 19.6 Å². The molecule has 110 valence electrons. The molecule has 8 nitrogen and oxygen atoms in total. The molecule has 0 radical (unpaired) electrons. The van der Waals surface area contributed by atoms with Crippen LogP contribution in [-0.2, 0) is 11.2 Å². The average molecular weight is 281 g/mol. The maximum atomic E-state index is 11.9. The van der Waals surface area contributed by atoms with Gasteiger partial charge in [-0.25, -0.2) is 9.78 Å². The van der Waals surface area contributed by atoms with Gasteiger partial charge in [-0.15, -0.1) is 0 Å². The van der Waals surface area contributed by atoms with Gasteiger partial charge >= 0.3 is 12.0 Å². The van der Waals surface area contributed by atoms with Crippen molar-refractivity contribution in [3.8, 4) is 0 Å². The van der Waals surface area contributed by atoms with Crippen molar-refractivity contribution >= 4 is 12.0 Å². The van der Waals surface area contributed by atoms with Crippen LogP contribution in [0, 0.1) is 5.92 Å². The molecule has 1 aromatic heterocycles. The van der Waals surface area contributed by atoms with Crippen LogP contribution in [0.15, 0.2) is 6.33 Å². The molecule has 3 N–H and O–H groups in total. The van der Waals surface area contributed by atoms with Crippen molar-refractivity contribution in [2.24, 2.45) is 5.92 Å². The number of nitrogens with one attached hydrogen (secondary N) is 2. The smallest absolute Gasteiger partial charge is 0.317 e. The molecule has 2 rings (SSSR count). The number of rotatable bonds is 6. The lowest BCUT2D eigenvalue weighted by atomic mass is 10.1. The van der Waals surface area contributed by atoms with E-state index in [1.165, 1.54) is 6.33 Å². The summed E-state index contributed by atoms with van der Waals surface area (Å²) in [5.41, 5.74) is 0. The number of carbonyl (C=O) groups excluding carboxylic acids is 1. The SMILES string of the molecule is O=C(O)CC1CCN(C(=O)NCCCc2ncn[nH]2)C1. The number of likely N-dealkylation sites (tertiary alicyclic amines) is 1. The quantitative estimate of drug-likeness (QED) is 0.647. The molecule has 1 unspecified atom stereocenters. The minimum absolute atomic E-state index is 0.0763. The van der Waals surface area contributed by atoms with E-state index < -0.39 is 5.97 Å². The Morgan fingerprint density at radius 1 is 1.55 bits per heavy atom. The Labute approximate surface area is 116 Å². The summed E-state index contributed by atoms with van der Waals surface area (Å²) in [6, 6.07) is -0.115. The summed E-state index contributed by atoms with van der Waals surface area (Å²) in [5, 5.41) is 18.1. The third-order valence-corrected chi connectivity index (χ3v) is 3.37. The molecular formula is C12H19N5O3. The molecule has 1 atom stereocenters. The molecule has 0 saturated carbocycles. The predicted molar refractivity (Wildman–Crippen MR) is 70.0 cm³/mol. The Balaban J connectivity index is 1.62. The summed E-state index contributed by atoms with van der Waals surface area (Å²) in [6.07, 6.45) is 3.88. The van der Waals surface area contributed by atoms with E-state index in [0.29, 0.717) is 19.6 Å². The number of H-pyrrole nitrogens is 1. The van der Waals surface area contributed by atoms with Gasteiger partial charge < -0.3 is 15.3 Å². The molecule has 0 aliphatic carbocycles. The van der Waals surface area contributed by atoms with Crippen molar-refractivity contribution in [3.63, 3.8) is 0 Å². The highest BCUT2D eigenvalue weighted by Gasteiger charge is 2.27. The monoisotopic (exact) mass is 281 g/mol. The van der Waals surface area contributed by atoms with Crippen molar-refractivity contribution in [1.29, 1.82) is 0 Å². The van der Waals surface area contributed by atoms with E-state index in [4.69, 9.17) is 5.11 Å². The highest BCUT2D eigenvalue weighted by atomic mass is 16.4. The second-order valence-corrected chi connectivity index (χ2v) is 4.97. The highest BCUT2D eigenvalue weighted by molar-refractivity contribution is 5.74. The van der Waals surface area contributed by atoms with Crippen LogP contribution in [0.2, 0.25) is 0 Å². The standard InChI is InChI=1S/C12H19N5O3/c18-11(19)6-9-3-5-17(7-9)12(20)13-4-1-2-10-14-8-15-16-10/h8-9H,1-7H2,(H,13,20)(H,18,19)(H,14,15,16). The number of nitrogens with zero attached hydrogens (tertiary/aromatic N) is 3. The summed E-state index contributed by atoms with van der Waals surface area (Å²) < 4.78 is 0. The van der Waals surface area contributed by atoms with Gasteiger partial charge in [-0.2, -0.15) is 5.10 Å². The molecule has 1 aliphatic heterocycles. The third-order valence-electron chi connectivity index (χ3n) is 3.37. The number of amides is 2. The number of aromatic nitrogens is 3. The van der Waals surface area contributed by atoms with Gasteiger partial charge in [-0.05, 0) is 18.8 Å². The zero-order chi connectivity index (χ0) is 14.4. The van der Waals surface area contributed by atoms with Crippen LogP contribution in [0.4, 0.5) is 4.79 Å². The molecule has 2 heterocycles. The largest absolute Gasteiger partial charge is 0.481 e. The number of hydrogen-bond acceptors (Lipinski definition) is 4.